The van der Waals surface area contributed by atoms with Gasteiger partial charge in [-0.1, -0.05) is 0 Å². The molecule has 72 valence electrons. The van der Waals surface area contributed by atoms with Crippen LogP contribution < -0.4 is 0 Å². The number of carboxylic acids is 1. The minimum atomic E-state index is -0.972. The molecular formula is C8H11NO4. The minimum Gasteiger partial charge on any atom is -0.480 e. The summed E-state index contributed by atoms with van der Waals surface area (Å²) in [4.78, 5) is 23.6. The monoisotopic (exact) mass is 185 g/mol. The molecule has 1 aliphatic carbocycles. The molecule has 0 bridgehead atoms. The predicted molar refractivity (Wildman–Crippen MR) is 42.1 cm³/mol. The molecule has 13 heavy (non-hydrogen) atoms. The van der Waals surface area contributed by atoms with Gasteiger partial charge in [0.05, 0.1) is 6.61 Å². The Balaban J connectivity index is 2.13. The lowest BCUT2D eigenvalue weighted by atomic mass is 10.2. The van der Waals surface area contributed by atoms with Crippen molar-refractivity contribution in [2.24, 2.45) is 0 Å². The third kappa shape index (κ3) is 1.51. The molecule has 1 saturated heterocycles. The maximum absolute atomic E-state index is 11.3. The van der Waals surface area contributed by atoms with E-state index < -0.39 is 12.0 Å². The summed E-state index contributed by atoms with van der Waals surface area (Å²) in [5.41, 5.74) is 0. The third-order valence-corrected chi connectivity index (χ3v) is 2.35. The lowest BCUT2D eigenvalue weighted by Gasteiger charge is -2.32. The van der Waals surface area contributed by atoms with Crippen molar-refractivity contribution in [2.75, 3.05) is 13.2 Å². The Kier molecular flexibility index (Phi) is 1.95. The van der Waals surface area contributed by atoms with E-state index in [0.29, 0.717) is 0 Å². The van der Waals surface area contributed by atoms with E-state index in [0.717, 1.165) is 12.8 Å². The molecule has 5 nitrogen and oxygen atoms in total. The zero-order valence-electron chi connectivity index (χ0n) is 7.10. The molecule has 1 unspecified atom stereocenters. The Hall–Kier alpha value is -1.10. The topological polar surface area (TPSA) is 66.8 Å². The van der Waals surface area contributed by atoms with Gasteiger partial charge < -0.3 is 14.7 Å². The van der Waals surface area contributed by atoms with Gasteiger partial charge in [0.2, 0.25) is 5.91 Å². The molecule has 1 aliphatic heterocycles. The van der Waals surface area contributed by atoms with E-state index >= 15 is 0 Å². The first-order valence-electron chi connectivity index (χ1n) is 4.32. The van der Waals surface area contributed by atoms with Gasteiger partial charge in [0.15, 0.2) is 6.04 Å². The van der Waals surface area contributed by atoms with Gasteiger partial charge in [0.25, 0.3) is 0 Å². The second-order valence-corrected chi connectivity index (χ2v) is 3.40. The fraction of sp³-hybridized carbons (Fsp3) is 0.750. The van der Waals surface area contributed by atoms with Crippen LogP contribution in [0.2, 0.25) is 0 Å². The normalized spacial score (nSPS) is 29.1. The number of carboxylic acid groups (broad SMARTS) is 1. The van der Waals surface area contributed by atoms with Gasteiger partial charge in [-0.3, -0.25) is 4.79 Å². The molecule has 0 aromatic carbocycles. The van der Waals surface area contributed by atoms with Gasteiger partial charge in [-0.05, 0) is 12.8 Å². The SMILES string of the molecule is O=C(O)C1COCC(=O)N1C1CC1. The molecule has 0 aromatic heterocycles. The zero-order valence-corrected chi connectivity index (χ0v) is 7.10. The van der Waals surface area contributed by atoms with Crippen LogP contribution in [0.5, 0.6) is 0 Å². The number of amides is 1. The fourth-order valence-electron chi connectivity index (χ4n) is 1.59. The smallest absolute Gasteiger partial charge is 0.328 e. The Bertz CT molecular complexity index is 249. The van der Waals surface area contributed by atoms with Gasteiger partial charge in [0, 0.05) is 6.04 Å². The van der Waals surface area contributed by atoms with Crippen LogP contribution in [-0.2, 0) is 14.3 Å². The van der Waals surface area contributed by atoms with Gasteiger partial charge in [-0.25, -0.2) is 4.79 Å². The molecule has 2 aliphatic rings. The lowest BCUT2D eigenvalue weighted by molar-refractivity contribution is -0.163. The van der Waals surface area contributed by atoms with E-state index in [9.17, 15) is 9.59 Å². The summed E-state index contributed by atoms with van der Waals surface area (Å²) in [6, 6.07) is -0.619. The molecule has 0 aromatic rings. The number of hydrogen-bond acceptors (Lipinski definition) is 3. The maximum Gasteiger partial charge on any atom is 0.328 e. The van der Waals surface area contributed by atoms with Crippen LogP contribution >= 0.6 is 0 Å². The number of hydrogen-bond donors (Lipinski definition) is 1. The number of ether oxygens (including phenoxy) is 1. The Labute approximate surface area is 75.3 Å². The summed E-state index contributed by atoms with van der Waals surface area (Å²) in [5.74, 6) is -1.17. The quantitative estimate of drug-likeness (QED) is 0.627. The molecule has 1 heterocycles. The third-order valence-electron chi connectivity index (χ3n) is 2.35. The summed E-state index contributed by atoms with van der Waals surface area (Å²) < 4.78 is 4.89. The highest BCUT2D eigenvalue weighted by molar-refractivity contribution is 5.86. The van der Waals surface area contributed by atoms with Gasteiger partial charge in [-0.2, -0.15) is 0 Å². The van der Waals surface area contributed by atoms with Crippen molar-refractivity contribution in [1.82, 2.24) is 4.90 Å². The van der Waals surface area contributed by atoms with Crippen molar-refractivity contribution < 1.29 is 19.4 Å². The average Bonchev–Trinajstić information content (AvgIpc) is 2.86. The number of carbonyl (C=O) groups is 2. The molecule has 0 radical (unpaired) electrons. The summed E-state index contributed by atoms with van der Waals surface area (Å²) in [5, 5.41) is 8.83. The summed E-state index contributed by atoms with van der Waals surface area (Å²) >= 11 is 0. The first kappa shape index (κ1) is 8.50. The van der Waals surface area contributed by atoms with Crippen LogP contribution in [0.15, 0.2) is 0 Å². The molecule has 1 amide bonds. The minimum absolute atomic E-state index is 0.0281. The highest BCUT2D eigenvalue weighted by Gasteiger charge is 2.42. The number of aliphatic carboxylic acids is 1. The van der Waals surface area contributed by atoms with Crippen molar-refractivity contribution in [3.05, 3.63) is 0 Å². The second-order valence-electron chi connectivity index (χ2n) is 3.40. The van der Waals surface area contributed by atoms with E-state index in [1.807, 2.05) is 0 Å². The predicted octanol–water partition coefficient (Wildman–Crippen LogP) is -0.539. The van der Waals surface area contributed by atoms with E-state index in [-0.39, 0.29) is 25.2 Å². The summed E-state index contributed by atoms with van der Waals surface area (Å²) in [7, 11) is 0. The average molecular weight is 185 g/mol. The Morgan fingerprint density at radius 1 is 1.54 bits per heavy atom. The molecular weight excluding hydrogens is 174 g/mol. The number of morpholine rings is 1. The van der Waals surface area contributed by atoms with E-state index in [4.69, 9.17) is 9.84 Å². The van der Waals surface area contributed by atoms with Crippen LogP contribution in [0.1, 0.15) is 12.8 Å². The fourth-order valence-corrected chi connectivity index (χ4v) is 1.59. The van der Waals surface area contributed by atoms with Crippen molar-refractivity contribution >= 4 is 11.9 Å². The van der Waals surface area contributed by atoms with Crippen molar-refractivity contribution in [3.63, 3.8) is 0 Å². The first-order chi connectivity index (χ1) is 6.20. The van der Waals surface area contributed by atoms with Crippen molar-refractivity contribution in [1.29, 1.82) is 0 Å². The van der Waals surface area contributed by atoms with E-state index in [1.165, 1.54) is 4.90 Å². The molecule has 5 heteroatoms. The van der Waals surface area contributed by atoms with Gasteiger partial charge >= 0.3 is 5.97 Å². The zero-order chi connectivity index (χ0) is 9.42. The molecule has 1 atom stereocenters. The maximum atomic E-state index is 11.3. The second kappa shape index (κ2) is 2.99. The number of rotatable bonds is 2. The van der Waals surface area contributed by atoms with Crippen LogP contribution in [0.4, 0.5) is 0 Å². The van der Waals surface area contributed by atoms with Crippen LogP contribution in [0.3, 0.4) is 0 Å². The lowest BCUT2D eigenvalue weighted by Crippen LogP contribution is -2.54. The van der Waals surface area contributed by atoms with Gasteiger partial charge in [0.1, 0.15) is 6.61 Å². The molecule has 1 N–H and O–H groups in total. The van der Waals surface area contributed by atoms with Gasteiger partial charge in [-0.15, -0.1) is 0 Å². The summed E-state index contributed by atoms with van der Waals surface area (Å²) in [6.45, 7) is 0.151. The molecule has 0 spiro atoms. The van der Waals surface area contributed by atoms with Crippen molar-refractivity contribution in [2.45, 2.75) is 24.9 Å². The molecule has 2 fully saturated rings. The molecule has 2 rings (SSSR count). The Morgan fingerprint density at radius 2 is 2.23 bits per heavy atom. The van der Waals surface area contributed by atoms with Crippen molar-refractivity contribution in [3.8, 4) is 0 Å². The summed E-state index contributed by atoms with van der Waals surface area (Å²) in [6.07, 6.45) is 1.85. The largest absolute Gasteiger partial charge is 0.480 e. The van der Waals surface area contributed by atoms with Crippen LogP contribution in [0, 0.1) is 0 Å². The number of nitrogens with zero attached hydrogens (tertiary/aromatic N) is 1. The van der Waals surface area contributed by atoms with Crippen LogP contribution in [-0.4, -0.2) is 47.2 Å². The van der Waals surface area contributed by atoms with Crippen LogP contribution in [0.25, 0.3) is 0 Å². The highest BCUT2D eigenvalue weighted by atomic mass is 16.5. The van der Waals surface area contributed by atoms with E-state index in [1.54, 1.807) is 0 Å². The van der Waals surface area contributed by atoms with E-state index in [2.05, 4.69) is 0 Å². The Morgan fingerprint density at radius 3 is 2.77 bits per heavy atom. The highest BCUT2D eigenvalue weighted by Crippen LogP contribution is 2.30. The first-order valence-corrected chi connectivity index (χ1v) is 4.32. The molecule has 1 saturated carbocycles. The number of carbonyl (C=O) groups excluding carboxylic acids is 1. The standard InChI is InChI=1S/C8H11NO4/c10-7-4-13-3-6(8(11)12)9(7)5-1-2-5/h5-6H,1-4H2,(H,11,12).